The van der Waals surface area contributed by atoms with E-state index in [0.717, 1.165) is 22.2 Å². The Hall–Kier alpha value is -1.71. The Labute approximate surface area is 80.9 Å². The SMILES string of the molecule is [O-][NH+]1C=Cc2cnc3ccccc3c21. The summed E-state index contributed by atoms with van der Waals surface area (Å²) < 4.78 is 0. The van der Waals surface area contributed by atoms with E-state index in [1.165, 1.54) is 0 Å². The first-order chi connectivity index (χ1) is 6.86. The number of nitrogens with zero attached hydrogens (tertiary/aromatic N) is 1. The number of hydroxylamine groups is 1. The van der Waals surface area contributed by atoms with Gasteiger partial charge in [-0.3, -0.25) is 4.98 Å². The minimum absolute atomic E-state index is 0.0820. The number of benzene rings is 1. The number of para-hydroxylation sites is 1. The molecule has 0 amide bonds. The van der Waals surface area contributed by atoms with E-state index >= 15 is 0 Å². The van der Waals surface area contributed by atoms with Gasteiger partial charge < -0.3 is 10.3 Å². The van der Waals surface area contributed by atoms with Crippen LogP contribution >= 0.6 is 0 Å². The molecule has 1 aliphatic rings. The highest BCUT2D eigenvalue weighted by Crippen LogP contribution is 2.25. The van der Waals surface area contributed by atoms with Crippen LogP contribution in [0.15, 0.2) is 36.7 Å². The summed E-state index contributed by atoms with van der Waals surface area (Å²) in [4.78, 5) is 4.28. The fraction of sp³-hybridized carbons (Fsp3) is 0. The van der Waals surface area contributed by atoms with Crippen molar-refractivity contribution < 1.29 is 5.06 Å². The Morgan fingerprint density at radius 2 is 2.07 bits per heavy atom. The summed E-state index contributed by atoms with van der Waals surface area (Å²) in [5.41, 5.74) is 2.59. The molecule has 0 saturated heterocycles. The molecule has 1 aromatic heterocycles. The molecule has 1 N–H and O–H groups in total. The first-order valence-corrected chi connectivity index (χ1v) is 4.46. The number of hydrogen-bond donors (Lipinski definition) is 1. The van der Waals surface area contributed by atoms with Gasteiger partial charge in [0.05, 0.1) is 16.5 Å². The van der Waals surface area contributed by atoms with Gasteiger partial charge in [0.25, 0.3) is 0 Å². The number of hydrogen-bond acceptors (Lipinski definition) is 2. The molecule has 1 atom stereocenters. The van der Waals surface area contributed by atoms with E-state index in [2.05, 4.69) is 4.98 Å². The third-order valence-electron chi connectivity index (χ3n) is 2.47. The van der Waals surface area contributed by atoms with Crippen molar-refractivity contribution in [3.63, 3.8) is 0 Å². The van der Waals surface area contributed by atoms with Crippen molar-refractivity contribution in [1.82, 2.24) is 4.98 Å². The third kappa shape index (κ3) is 0.907. The van der Waals surface area contributed by atoms with Gasteiger partial charge in [-0.1, -0.05) is 12.1 Å². The smallest absolute Gasteiger partial charge is 0.154 e. The summed E-state index contributed by atoms with van der Waals surface area (Å²) in [7, 11) is 0. The number of aromatic nitrogens is 1. The molecule has 0 bridgehead atoms. The molecule has 3 rings (SSSR count). The lowest BCUT2D eigenvalue weighted by molar-refractivity contribution is -0.709. The van der Waals surface area contributed by atoms with Crippen molar-refractivity contribution in [3.05, 3.63) is 47.4 Å². The number of fused-ring (bicyclic) bond motifs is 3. The summed E-state index contributed by atoms with van der Waals surface area (Å²) in [6, 6.07) is 7.71. The number of pyridine rings is 1. The van der Waals surface area contributed by atoms with Gasteiger partial charge in [-0.05, 0) is 12.1 Å². The molecule has 0 fully saturated rings. The van der Waals surface area contributed by atoms with Crippen molar-refractivity contribution in [3.8, 4) is 0 Å². The average molecular weight is 184 g/mol. The lowest BCUT2D eigenvalue weighted by Gasteiger charge is -2.15. The largest absolute Gasteiger partial charge is 0.624 e. The molecule has 2 aromatic rings. The molecule has 0 spiro atoms. The number of rotatable bonds is 0. The average Bonchev–Trinajstić information content (AvgIpc) is 2.61. The van der Waals surface area contributed by atoms with Crippen LogP contribution in [-0.2, 0) is 0 Å². The second-order valence-electron chi connectivity index (χ2n) is 3.30. The van der Waals surface area contributed by atoms with Crippen LogP contribution in [0.3, 0.4) is 0 Å². The van der Waals surface area contributed by atoms with Crippen molar-refractivity contribution in [2.75, 3.05) is 0 Å². The molecule has 14 heavy (non-hydrogen) atoms. The minimum Gasteiger partial charge on any atom is -0.624 e. The van der Waals surface area contributed by atoms with Gasteiger partial charge in [0.2, 0.25) is 0 Å². The zero-order valence-corrected chi connectivity index (χ0v) is 7.40. The second kappa shape index (κ2) is 2.64. The molecule has 0 saturated carbocycles. The molecule has 1 aliphatic heterocycles. The van der Waals surface area contributed by atoms with Gasteiger partial charge in [-0.2, -0.15) is 0 Å². The quantitative estimate of drug-likeness (QED) is 0.625. The van der Waals surface area contributed by atoms with Crippen molar-refractivity contribution >= 4 is 22.7 Å². The van der Waals surface area contributed by atoms with Crippen LogP contribution in [0.1, 0.15) is 5.56 Å². The molecular formula is C11H8N2O. The molecule has 1 unspecified atom stereocenters. The van der Waals surface area contributed by atoms with Gasteiger partial charge in [-0.25, -0.2) is 0 Å². The van der Waals surface area contributed by atoms with Gasteiger partial charge >= 0.3 is 0 Å². The maximum absolute atomic E-state index is 11.6. The summed E-state index contributed by atoms with van der Waals surface area (Å²) in [6.07, 6.45) is 5.16. The van der Waals surface area contributed by atoms with Crippen LogP contribution in [0.2, 0.25) is 0 Å². The van der Waals surface area contributed by atoms with Crippen LogP contribution in [0.5, 0.6) is 0 Å². The fourth-order valence-electron chi connectivity index (χ4n) is 1.81. The highest BCUT2D eigenvalue weighted by molar-refractivity contribution is 5.92. The van der Waals surface area contributed by atoms with E-state index in [4.69, 9.17) is 0 Å². The van der Waals surface area contributed by atoms with Crippen LogP contribution < -0.4 is 5.06 Å². The first kappa shape index (κ1) is 7.67. The normalized spacial score (nSPS) is 18.8. The Bertz CT molecular complexity index is 534. The van der Waals surface area contributed by atoms with Crippen molar-refractivity contribution in [1.29, 1.82) is 0 Å². The molecule has 3 heteroatoms. The van der Waals surface area contributed by atoms with Gasteiger partial charge in [0, 0.05) is 12.3 Å². The predicted octanol–water partition coefficient (Wildman–Crippen LogP) is 1.23. The van der Waals surface area contributed by atoms with E-state index in [-0.39, 0.29) is 5.06 Å². The molecule has 0 aliphatic carbocycles. The predicted molar refractivity (Wildman–Crippen MR) is 54.8 cm³/mol. The van der Waals surface area contributed by atoms with E-state index in [1.54, 1.807) is 12.4 Å². The van der Waals surface area contributed by atoms with E-state index in [1.807, 2.05) is 30.3 Å². The lowest BCUT2D eigenvalue weighted by Crippen LogP contribution is -2.95. The summed E-state index contributed by atoms with van der Waals surface area (Å²) >= 11 is 0. The van der Waals surface area contributed by atoms with E-state index in [0.29, 0.717) is 0 Å². The summed E-state index contributed by atoms with van der Waals surface area (Å²) in [5.74, 6) is 0. The van der Waals surface area contributed by atoms with Gasteiger partial charge in [0.1, 0.15) is 6.20 Å². The van der Waals surface area contributed by atoms with E-state index in [9.17, 15) is 5.21 Å². The molecular weight excluding hydrogens is 176 g/mol. The Kier molecular flexibility index (Phi) is 1.45. The monoisotopic (exact) mass is 184 g/mol. The molecule has 1 aromatic carbocycles. The zero-order valence-electron chi connectivity index (χ0n) is 7.40. The fourth-order valence-corrected chi connectivity index (χ4v) is 1.81. The maximum atomic E-state index is 11.6. The summed E-state index contributed by atoms with van der Waals surface area (Å²) in [5, 5.41) is 12.6. The molecule has 3 nitrogen and oxygen atoms in total. The third-order valence-corrected chi connectivity index (χ3v) is 2.47. The van der Waals surface area contributed by atoms with Crippen molar-refractivity contribution in [2.24, 2.45) is 0 Å². The van der Waals surface area contributed by atoms with Gasteiger partial charge in [0.15, 0.2) is 5.69 Å². The van der Waals surface area contributed by atoms with Crippen molar-refractivity contribution in [2.45, 2.75) is 0 Å². The molecule has 0 radical (unpaired) electrons. The van der Waals surface area contributed by atoms with Crippen LogP contribution in [-0.4, -0.2) is 4.98 Å². The van der Waals surface area contributed by atoms with Crippen LogP contribution in [0.25, 0.3) is 17.0 Å². The highest BCUT2D eigenvalue weighted by atomic mass is 16.5. The molecule has 68 valence electrons. The van der Waals surface area contributed by atoms with E-state index < -0.39 is 0 Å². The second-order valence-corrected chi connectivity index (χ2v) is 3.30. The van der Waals surface area contributed by atoms with Crippen LogP contribution in [0.4, 0.5) is 5.69 Å². The summed E-state index contributed by atoms with van der Waals surface area (Å²) in [6.45, 7) is 0. The Balaban J connectivity index is 2.44. The maximum Gasteiger partial charge on any atom is 0.154 e. The van der Waals surface area contributed by atoms with Gasteiger partial charge in [-0.15, -0.1) is 0 Å². The lowest BCUT2D eigenvalue weighted by atomic mass is 10.1. The number of nitrogens with one attached hydrogen (secondary N) is 1. The molecule has 2 heterocycles. The number of quaternary nitrogens is 1. The van der Waals surface area contributed by atoms with Crippen LogP contribution in [0, 0.1) is 5.21 Å². The Morgan fingerprint density at radius 3 is 3.00 bits per heavy atom. The standard InChI is InChI=1S/C11H8N2O/c14-13-6-5-8-7-12-10-4-2-1-3-9(10)11(8)13/h1-7,13H. The zero-order chi connectivity index (χ0) is 9.54. The first-order valence-electron chi connectivity index (χ1n) is 4.46. The Morgan fingerprint density at radius 1 is 1.21 bits per heavy atom. The highest BCUT2D eigenvalue weighted by Gasteiger charge is 2.16. The minimum atomic E-state index is 0.0820. The topological polar surface area (TPSA) is 40.4 Å².